The summed E-state index contributed by atoms with van der Waals surface area (Å²) in [4.78, 5) is 113. The minimum atomic E-state index is -3.33. The number of nitrogens with one attached hydrogen (secondary N) is 6. The monoisotopic (exact) mass is 1480 g/mol. The maximum atomic E-state index is 13.2. The molecule has 8 N–H and O–H groups in total. The number of carbonyl (C=O) groups is 3. The molecule has 29 heteroatoms. The number of sulfonamides is 1. The zero-order valence-corrected chi connectivity index (χ0v) is 63.0. The minimum absolute atomic E-state index is 0.0116. The van der Waals surface area contributed by atoms with Gasteiger partial charge < -0.3 is 65.6 Å². The molecule has 3 amide bonds. The van der Waals surface area contributed by atoms with E-state index in [1.54, 1.807) is 38.6 Å². The minimum Gasteiger partial charge on any atom is -0.369 e. The van der Waals surface area contributed by atoms with Crippen LogP contribution >= 0.6 is 0 Å². The smallest absolute Gasteiger partial charge is 0.256 e. The number of nitrogens with two attached hydrogens (primary N) is 1. The van der Waals surface area contributed by atoms with Gasteiger partial charge in [-0.15, -0.1) is 0 Å². The number of likely N-dealkylation sites (N-methyl/N-ethyl adjacent to an activating group) is 2. The van der Waals surface area contributed by atoms with Crippen molar-refractivity contribution >= 4 is 107 Å². The van der Waals surface area contributed by atoms with Gasteiger partial charge in [-0.1, -0.05) is 82.1 Å². The van der Waals surface area contributed by atoms with E-state index in [1.165, 1.54) is 43.7 Å². The molecule has 0 radical (unpaired) electrons. The van der Waals surface area contributed by atoms with Crippen molar-refractivity contribution in [3.63, 3.8) is 0 Å². The average molecular weight is 1480 g/mol. The Hall–Kier alpha value is -10.2. The molecule has 8 heterocycles. The van der Waals surface area contributed by atoms with Crippen molar-refractivity contribution in [2.45, 2.75) is 148 Å². The van der Waals surface area contributed by atoms with Crippen molar-refractivity contribution in [2.24, 2.45) is 5.73 Å². The summed E-state index contributed by atoms with van der Waals surface area (Å²) in [5, 5.41) is 16.2. The van der Waals surface area contributed by atoms with Crippen molar-refractivity contribution in [1.82, 2.24) is 68.8 Å². The number of benzene rings is 3. The number of nitrogens with zero attached hydrogens (tertiary/aromatic N) is 13. The van der Waals surface area contributed by atoms with E-state index in [2.05, 4.69) is 109 Å². The first-order valence-electron chi connectivity index (χ1n) is 37.7. The molecule has 2 saturated heterocycles. The number of pyridine rings is 3. The van der Waals surface area contributed by atoms with E-state index in [9.17, 15) is 37.2 Å². The van der Waals surface area contributed by atoms with E-state index in [0.29, 0.717) is 58.5 Å². The van der Waals surface area contributed by atoms with Crippen LogP contribution in [0.4, 0.5) is 46.3 Å². The van der Waals surface area contributed by atoms with Gasteiger partial charge in [0.1, 0.15) is 33.6 Å². The molecule has 0 atom stereocenters. The highest BCUT2D eigenvalue weighted by atomic mass is 32.2. The zero-order valence-electron chi connectivity index (χ0n) is 62.2. The van der Waals surface area contributed by atoms with Crippen molar-refractivity contribution in [3.8, 4) is 0 Å². The van der Waals surface area contributed by atoms with E-state index >= 15 is 0 Å². The van der Waals surface area contributed by atoms with Gasteiger partial charge in [0.2, 0.25) is 44.2 Å². The van der Waals surface area contributed by atoms with Crippen LogP contribution in [0.15, 0.2) is 124 Å². The summed E-state index contributed by atoms with van der Waals surface area (Å²) in [5.74, 6) is -0.299. The third-order valence-corrected chi connectivity index (χ3v) is 22.3. The van der Waals surface area contributed by atoms with Gasteiger partial charge in [-0.2, -0.15) is 15.0 Å². The third-order valence-electron chi connectivity index (χ3n) is 20.8. The second-order valence-electron chi connectivity index (χ2n) is 28.9. The zero-order chi connectivity index (χ0) is 75.3. The van der Waals surface area contributed by atoms with Gasteiger partial charge in [-0.3, -0.25) is 28.8 Å². The predicted molar refractivity (Wildman–Crippen MR) is 422 cm³/mol. The highest BCUT2D eigenvalue weighted by molar-refractivity contribution is 7.89. The molecule has 0 unspecified atom stereocenters. The third kappa shape index (κ3) is 19.0. The highest BCUT2D eigenvalue weighted by Gasteiger charge is 2.28. The van der Waals surface area contributed by atoms with E-state index < -0.39 is 21.4 Å². The number of fused-ring (bicyclic) bond motifs is 3. The summed E-state index contributed by atoms with van der Waals surface area (Å²) in [5.41, 5.74) is 11.9. The first-order valence-corrected chi connectivity index (χ1v) is 39.4. The van der Waals surface area contributed by atoms with Gasteiger partial charge in [0.15, 0.2) is 0 Å². The molecule has 2 aliphatic heterocycles. The molecule has 3 aromatic carbocycles. The van der Waals surface area contributed by atoms with Crippen LogP contribution in [0.3, 0.4) is 0 Å². The number of aryl methyl sites for hydroxylation is 1. The first kappa shape index (κ1) is 76.4. The van der Waals surface area contributed by atoms with Crippen LogP contribution in [0.2, 0.25) is 0 Å². The fraction of sp³-hybridized carbons (Fsp3) is 0.462. The molecule has 0 spiro atoms. The molecule has 5 fully saturated rings. The van der Waals surface area contributed by atoms with Gasteiger partial charge >= 0.3 is 0 Å². The molecule has 107 heavy (non-hydrogen) atoms. The van der Waals surface area contributed by atoms with Crippen LogP contribution < -0.4 is 63.1 Å². The summed E-state index contributed by atoms with van der Waals surface area (Å²) in [7, 11) is 2.51. The molecule has 566 valence electrons. The lowest BCUT2D eigenvalue weighted by Crippen LogP contribution is -2.44. The number of piperazine rings is 2. The maximum absolute atomic E-state index is 13.2. The number of hydrogen-bond acceptors (Lipinski definition) is 21. The van der Waals surface area contributed by atoms with Gasteiger partial charge in [0.05, 0.1) is 21.9 Å². The second kappa shape index (κ2) is 35.0. The lowest BCUT2D eigenvalue weighted by molar-refractivity contribution is 0.0948. The Morgan fingerprint density at radius 2 is 0.897 bits per heavy atom. The van der Waals surface area contributed by atoms with Crippen LogP contribution in [-0.4, -0.2) is 171 Å². The quantitative estimate of drug-likeness (QED) is 0.0373. The van der Waals surface area contributed by atoms with Crippen molar-refractivity contribution in [2.75, 3.05) is 112 Å². The molecular formula is C78H100N20O8S. The topological polar surface area (TPSA) is 340 Å². The number of primary amides is 1. The Balaban J connectivity index is 0.000000150. The molecule has 5 aliphatic rings. The molecule has 3 saturated carbocycles. The first-order chi connectivity index (χ1) is 51.7. The summed E-state index contributed by atoms with van der Waals surface area (Å²) in [6.07, 6.45) is 26.0. The normalized spacial score (nSPS) is 16.6. The Morgan fingerprint density at radius 1 is 0.514 bits per heavy atom. The number of rotatable bonds is 20. The van der Waals surface area contributed by atoms with Crippen molar-refractivity contribution in [1.29, 1.82) is 0 Å². The van der Waals surface area contributed by atoms with E-state index in [-0.39, 0.29) is 74.7 Å². The lowest BCUT2D eigenvalue weighted by atomic mass is 9.95. The lowest BCUT2D eigenvalue weighted by Gasteiger charge is -2.34. The van der Waals surface area contributed by atoms with E-state index in [1.807, 2.05) is 69.2 Å². The number of carbonyl (C=O) groups excluding carboxylic acids is 3. The van der Waals surface area contributed by atoms with Gasteiger partial charge in [-0.05, 0) is 134 Å². The van der Waals surface area contributed by atoms with E-state index in [4.69, 9.17) is 15.7 Å². The predicted octanol–water partition coefficient (Wildman–Crippen LogP) is 9.70. The maximum Gasteiger partial charge on any atom is 0.256 e. The molecular weight excluding hydrogens is 1380 g/mol. The molecule has 0 bridgehead atoms. The Morgan fingerprint density at radius 3 is 1.28 bits per heavy atom. The number of hydrogen-bond donors (Lipinski definition) is 7. The summed E-state index contributed by atoms with van der Waals surface area (Å²) >= 11 is 0. The van der Waals surface area contributed by atoms with E-state index in [0.717, 1.165) is 158 Å². The van der Waals surface area contributed by atoms with Crippen LogP contribution in [0, 0.1) is 0 Å². The van der Waals surface area contributed by atoms with Crippen LogP contribution in [-0.2, 0) is 16.4 Å². The highest BCUT2D eigenvalue weighted by Crippen LogP contribution is 2.35. The summed E-state index contributed by atoms with van der Waals surface area (Å²) < 4.78 is 32.7. The van der Waals surface area contributed by atoms with Crippen molar-refractivity contribution in [3.05, 3.63) is 163 Å². The molecule has 6 aromatic heterocycles. The van der Waals surface area contributed by atoms with Gasteiger partial charge in [0.25, 0.3) is 17.7 Å². The number of aromatic nitrogens is 9. The molecule has 9 aromatic rings. The van der Waals surface area contributed by atoms with Crippen LogP contribution in [0.1, 0.15) is 172 Å². The fourth-order valence-electron chi connectivity index (χ4n) is 14.9. The number of amides is 3. The summed E-state index contributed by atoms with van der Waals surface area (Å²) in [6.45, 7) is 14.0. The van der Waals surface area contributed by atoms with Gasteiger partial charge in [-0.25, -0.2) is 28.1 Å². The average Bonchev–Trinajstić information content (AvgIpc) is 0.774. The number of anilines is 8. The summed E-state index contributed by atoms with van der Waals surface area (Å²) in [6, 6.07) is 24.3. The Kier molecular flexibility index (Phi) is 25.0. The largest absolute Gasteiger partial charge is 0.369 e. The molecule has 3 aliphatic carbocycles. The molecule has 28 nitrogen and oxygen atoms in total. The fourth-order valence-corrected chi connectivity index (χ4v) is 16.2. The Labute approximate surface area is 623 Å². The van der Waals surface area contributed by atoms with Crippen molar-refractivity contribution < 1.29 is 22.8 Å². The SMILES string of the molecule is CC(C)NS(=O)(=O)CCc1ccc(Nc2ncc3c(=O)c(C(N)=O)cn(C4CCCCC4)c3n2)cc1.CCNC(=O)c1cn(C2CCCCC2)c2nc(Nc3cccc(N4CCN(C)CC4)c3)ncc2c1=O.CNC(=O)c1cn(C2CCCCC2)c2nc(Nc3cccc(N4CCN(C)CC4)c3)ncc2c1=O. The van der Waals surface area contributed by atoms with Crippen LogP contribution in [0.25, 0.3) is 33.1 Å². The Bertz CT molecular complexity index is 4960. The standard InChI is InChI=1S/C27H35N7O2.C26H33N7O2.C25H32N6O4S/c1-3-28-26(36)23-18-34(20-9-5-4-6-10-20)25-22(24(23)35)17-29-27(31-25)30-19-8-7-11-21(16-19)33-14-12-32(2)13-15-33;1-27-25(35)22-17-33(19-8-4-3-5-9-19)24-21(23(22)34)16-28-26(30-24)29-18-7-6-10-20(15-18)32-13-11-31(2)12-14-32;1-16(2)30-36(34,35)13-12-17-8-10-18(11-9-17)28-25-27-14-20-22(32)21(23(26)33)15-31(24(20)29-25)19-6-4-3-5-7-19/h7-8,11,16-18,20H,3-6,9-10,12-15H2,1-2H3,(H,28,36)(H,29,30,31);6-7,10,15-17,19H,3-5,8-9,11-14H2,1-2H3,(H,27,35)(H,28,29,30);8-11,14-16,19,30H,3-7,12-13H2,1-2H3,(H2,26,33)(H,27,28,29). The molecule has 14 rings (SSSR count). The van der Waals surface area contributed by atoms with Crippen LogP contribution in [0.5, 0.6) is 0 Å². The van der Waals surface area contributed by atoms with Gasteiger partial charge in [0, 0.05) is 156 Å². The second-order valence-corrected chi connectivity index (χ2v) is 30.8.